The van der Waals surface area contributed by atoms with Crippen molar-refractivity contribution in [3.8, 4) is 5.75 Å². The standard InChI is InChI=1S/C13H13NO3S/c1-8(2)17-10-6-4-3-5-9(10)7-11-12(15)14-13(16)18-11/h3-8H,1-2H3,(H,14,15,16)/b11-7-. The number of carbonyl (C=O) groups excluding carboxylic acids is 2. The zero-order chi connectivity index (χ0) is 13.1. The first-order chi connectivity index (χ1) is 8.56. The van der Waals surface area contributed by atoms with Crippen molar-refractivity contribution in [2.75, 3.05) is 0 Å². The van der Waals surface area contributed by atoms with E-state index in [0.717, 1.165) is 17.3 Å². The van der Waals surface area contributed by atoms with E-state index in [9.17, 15) is 9.59 Å². The third kappa shape index (κ3) is 2.92. The topological polar surface area (TPSA) is 55.4 Å². The second-order valence-corrected chi connectivity index (χ2v) is 5.07. The van der Waals surface area contributed by atoms with E-state index in [0.29, 0.717) is 10.7 Å². The molecular formula is C13H13NO3S. The summed E-state index contributed by atoms with van der Waals surface area (Å²) in [5.41, 5.74) is 0.790. The summed E-state index contributed by atoms with van der Waals surface area (Å²) >= 11 is 0.902. The van der Waals surface area contributed by atoms with Gasteiger partial charge in [0.15, 0.2) is 0 Å². The Labute approximate surface area is 109 Å². The number of carbonyl (C=O) groups is 2. The minimum Gasteiger partial charge on any atom is -0.490 e. The molecule has 0 aromatic heterocycles. The maximum absolute atomic E-state index is 11.5. The summed E-state index contributed by atoms with van der Waals surface area (Å²) < 4.78 is 5.65. The lowest BCUT2D eigenvalue weighted by Gasteiger charge is -2.12. The molecule has 0 saturated carbocycles. The molecule has 1 aromatic carbocycles. The first kappa shape index (κ1) is 12.7. The summed E-state index contributed by atoms with van der Waals surface area (Å²) in [6, 6.07) is 7.42. The van der Waals surface area contributed by atoms with Gasteiger partial charge in [-0.2, -0.15) is 0 Å². The van der Waals surface area contributed by atoms with Gasteiger partial charge in [-0.1, -0.05) is 18.2 Å². The molecule has 0 unspecified atom stereocenters. The molecule has 1 aromatic rings. The second kappa shape index (κ2) is 5.27. The molecule has 0 aliphatic carbocycles. The number of rotatable bonds is 3. The number of nitrogens with one attached hydrogen (secondary N) is 1. The number of amides is 2. The molecule has 0 radical (unpaired) electrons. The van der Waals surface area contributed by atoms with Crippen LogP contribution in [0.25, 0.3) is 6.08 Å². The van der Waals surface area contributed by atoms with Crippen LogP contribution in [0.5, 0.6) is 5.75 Å². The van der Waals surface area contributed by atoms with E-state index in [-0.39, 0.29) is 17.3 Å². The van der Waals surface area contributed by atoms with E-state index in [1.807, 2.05) is 38.1 Å². The molecule has 2 rings (SSSR count). The van der Waals surface area contributed by atoms with E-state index in [4.69, 9.17) is 4.74 Å². The third-order valence-corrected chi connectivity index (χ3v) is 3.02. The summed E-state index contributed by atoms with van der Waals surface area (Å²) in [6.45, 7) is 3.87. The third-order valence-electron chi connectivity index (χ3n) is 2.21. The maximum atomic E-state index is 11.5. The van der Waals surface area contributed by atoms with E-state index in [1.165, 1.54) is 0 Å². The van der Waals surface area contributed by atoms with Gasteiger partial charge in [-0.3, -0.25) is 14.9 Å². The quantitative estimate of drug-likeness (QED) is 0.852. The predicted molar refractivity (Wildman–Crippen MR) is 71.3 cm³/mol. The van der Waals surface area contributed by atoms with Crippen LogP contribution in [0.2, 0.25) is 0 Å². The Bertz CT molecular complexity index is 523. The molecule has 18 heavy (non-hydrogen) atoms. The van der Waals surface area contributed by atoms with Crippen molar-refractivity contribution in [2.24, 2.45) is 0 Å². The highest BCUT2D eigenvalue weighted by Gasteiger charge is 2.25. The number of imide groups is 1. The highest BCUT2D eigenvalue weighted by Crippen LogP contribution is 2.29. The molecule has 1 fully saturated rings. The fourth-order valence-electron chi connectivity index (χ4n) is 1.52. The summed E-state index contributed by atoms with van der Waals surface area (Å²) in [7, 11) is 0. The molecule has 2 amide bonds. The predicted octanol–water partition coefficient (Wildman–Crippen LogP) is 2.80. The average molecular weight is 263 g/mol. The Morgan fingerprint density at radius 1 is 1.28 bits per heavy atom. The van der Waals surface area contributed by atoms with Gasteiger partial charge < -0.3 is 4.74 Å². The van der Waals surface area contributed by atoms with Gasteiger partial charge in [-0.15, -0.1) is 0 Å². The zero-order valence-corrected chi connectivity index (χ0v) is 10.9. The van der Waals surface area contributed by atoms with E-state index in [2.05, 4.69) is 5.32 Å². The molecular weight excluding hydrogens is 250 g/mol. The van der Waals surface area contributed by atoms with Crippen molar-refractivity contribution < 1.29 is 14.3 Å². The van der Waals surface area contributed by atoms with E-state index in [1.54, 1.807) is 6.08 Å². The van der Waals surface area contributed by atoms with Gasteiger partial charge in [0.05, 0.1) is 11.0 Å². The van der Waals surface area contributed by atoms with Gasteiger partial charge >= 0.3 is 0 Å². The Balaban J connectivity index is 2.31. The molecule has 94 valence electrons. The summed E-state index contributed by atoms with van der Waals surface area (Å²) in [5.74, 6) is 0.345. The van der Waals surface area contributed by atoms with Crippen LogP contribution in [0.4, 0.5) is 4.79 Å². The Hall–Kier alpha value is -1.75. The number of hydrogen-bond donors (Lipinski definition) is 1. The average Bonchev–Trinajstić information content (AvgIpc) is 2.59. The number of hydrogen-bond acceptors (Lipinski definition) is 4. The smallest absolute Gasteiger partial charge is 0.290 e. The van der Waals surface area contributed by atoms with Gasteiger partial charge in [0.25, 0.3) is 11.1 Å². The molecule has 1 saturated heterocycles. The molecule has 1 aliphatic rings. The van der Waals surface area contributed by atoms with Crippen LogP contribution in [-0.4, -0.2) is 17.3 Å². The normalized spacial score (nSPS) is 17.4. The van der Waals surface area contributed by atoms with E-state index < -0.39 is 0 Å². The summed E-state index contributed by atoms with van der Waals surface area (Å²) in [6.07, 6.45) is 1.72. The van der Waals surface area contributed by atoms with Crippen molar-refractivity contribution in [3.63, 3.8) is 0 Å². The van der Waals surface area contributed by atoms with Crippen molar-refractivity contribution in [2.45, 2.75) is 20.0 Å². The Kier molecular flexibility index (Phi) is 3.72. The molecule has 1 aliphatic heterocycles. The first-order valence-corrected chi connectivity index (χ1v) is 6.38. The van der Waals surface area contributed by atoms with Crippen LogP contribution < -0.4 is 10.1 Å². The van der Waals surface area contributed by atoms with Crippen LogP contribution in [0.1, 0.15) is 19.4 Å². The van der Waals surface area contributed by atoms with Crippen molar-refractivity contribution in [1.82, 2.24) is 5.32 Å². The molecule has 1 N–H and O–H groups in total. The second-order valence-electron chi connectivity index (χ2n) is 4.06. The van der Waals surface area contributed by atoms with Gasteiger partial charge in [-0.05, 0) is 37.8 Å². The minimum atomic E-state index is -0.357. The molecule has 0 atom stereocenters. The van der Waals surface area contributed by atoms with Gasteiger partial charge in [0.2, 0.25) is 0 Å². The highest BCUT2D eigenvalue weighted by atomic mass is 32.2. The molecule has 0 spiro atoms. The number of ether oxygens (including phenoxy) is 1. The lowest BCUT2D eigenvalue weighted by Crippen LogP contribution is -2.17. The fourth-order valence-corrected chi connectivity index (χ4v) is 2.20. The van der Waals surface area contributed by atoms with Crippen molar-refractivity contribution in [1.29, 1.82) is 0 Å². The lowest BCUT2D eigenvalue weighted by atomic mass is 10.2. The Morgan fingerprint density at radius 3 is 2.61 bits per heavy atom. The number of thioether (sulfide) groups is 1. The lowest BCUT2D eigenvalue weighted by molar-refractivity contribution is -0.115. The minimum absolute atomic E-state index is 0.0521. The maximum Gasteiger partial charge on any atom is 0.290 e. The summed E-state index contributed by atoms with van der Waals surface area (Å²) in [4.78, 5) is 22.9. The van der Waals surface area contributed by atoms with Gasteiger partial charge in [0, 0.05) is 5.56 Å². The molecule has 5 heteroatoms. The number of benzene rings is 1. The van der Waals surface area contributed by atoms with Crippen molar-refractivity contribution in [3.05, 3.63) is 34.7 Å². The van der Waals surface area contributed by atoms with E-state index >= 15 is 0 Å². The number of para-hydroxylation sites is 1. The molecule has 0 bridgehead atoms. The molecule has 4 nitrogen and oxygen atoms in total. The summed E-state index contributed by atoms with van der Waals surface area (Å²) in [5, 5.41) is 1.88. The monoisotopic (exact) mass is 263 g/mol. The van der Waals surface area contributed by atoms with Crippen LogP contribution in [0, 0.1) is 0 Å². The van der Waals surface area contributed by atoms with Crippen LogP contribution in [-0.2, 0) is 4.79 Å². The Morgan fingerprint density at radius 2 is 2.00 bits per heavy atom. The van der Waals surface area contributed by atoms with Crippen LogP contribution in [0.15, 0.2) is 29.2 Å². The zero-order valence-electron chi connectivity index (χ0n) is 10.1. The van der Waals surface area contributed by atoms with Gasteiger partial charge in [-0.25, -0.2) is 0 Å². The highest BCUT2D eigenvalue weighted by molar-refractivity contribution is 8.18. The SMILES string of the molecule is CC(C)Oc1ccccc1/C=C1\SC(=O)NC1=O. The molecule has 1 heterocycles. The van der Waals surface area contributed by atoms with Gasteiger partial charge in [0.1, 0.15) is 5.75 Å². The van der Waals surface area contributed by atoms with Crippen LogP contribution in [0.3, 0.4) is 0 Å². The largest absolute Gasteiger partial charge is 0.490 e. The van der Waals surface area contributed by atoms with Crippen molar-refractivity contribution >= 4 is 29.0 Å². The van der Waals surface area contributed by atoms with Crippen LogP contribution >= 0.6 is 11.8 Å². The fraction of sp³-hybridized carbons (Fsp3) is 0.231. The first-order valence-electron chi connectivity index (χ1n) is 5.57.